The van der Waals surface area contributed by atoms with Gasteiger partial charge in [0, 0.05) is 12.4 Å². The highest BCUT2D eigenvalue weighted by molar-refractivity contribution is 5.92. The van der Waals surface area contributed by atoms with Gasteiger partial charge in [0.25, 0.3) is 0 Å². The lowest BCUT2D eigenvalue weighted by molar-refractivity contribution is 0.247. The van der Waals surface area contributed by atoms with E-state index in [2.05, 4.69) is 20.7 Å². The van der Waals surface area contributed by atoms with Gasteiger partial charge in [-0.2, -0.15) is 5.10 Å². The average molecular weight is 299 g/mol. The maximum atomic E-state index is 12.0. The van der Waals surface area contributed by atoms with Crippen molar-refractivity contribution in [2.24, 2.45) is 7.05 Å². The summed E-state index contributed by atoms with van der Waals surface area (Å²) in [6.45, 7) is 3.76. The topological polar surface area (TPSA) is 85.0 Å². The molecule has 0 aliphatic heterocycles. The summed E-state index contributed by atoms with van der Waals surface area (Å²) >= 11 is 0. The fourth-order valence-corrected chi connectivity index (χ4v) is 2.35. The standard InChI is InChI=1S/C15H17N5O2/c1-9-12-7-11(8-16-14(12)20(3)19-9)18-15(21)17-10(2)13-5-4-6-22-13/h4-8,10H,1-3H3,(H2,17,18,21). The van der Waals surface area contributed by atoms with E-state index >= 15 is 0 Å². The van der Waals surface area contributed by atoms with Gasteiger partial charge in [-0.05, 0) is 32.0 Å². The lowest BCUT2D eigenvalue weighted by atomic mass is 10.2. The molecule has 22 heavy (non-hydrogen) atoms. The third-order valence-corrected chi connectivity index (χ3v) is 3.44. The molecule has 3 heterocycles. The maximum Gasteiger partial charge on any atom is 0.319 e. The van der Waals surface area contributed by atoms with E-state index in [1.165, 1.54) is 0 Å². The molecular formula is C15H17N5O2. The van der Waals surface area contributed by atoms with E-state index in [9.17, 15) is 4.79 Å². The first-order valence-electron chi connectivity index (χ1n) is 6.95. The van der Waals surface area contributed by atoms with Crippen LogP contribution in [0.5, 0.6) is 0 Å². The molecule has 2 N–H and O–H groups in total. The molecule has 3 aromatic heterocycles. The summed E-state index contributed by atoms with van der Waals surface area (Å²) in [6, 6.07) is 4.94. The molecule has 0 saturated carbocycles. The third-order valence-electron chi connectivity index (χ3n) is 3.44. The van der Waals surface area contributed by atoms with Gasteiger partial charge in [-0.25, -0.2) is 9.78 Å². The van der Waals surface area contributed by atoms with Crippen LogP contribution >= 0.6 is 0 Å². The lowest BCUT2D eigenvalue weighted by Gasteiger charge is -2.12. The molecule has 114 valence electrons. The molecule has 0 saturated heterocycles. The number of hydrogen-bond acceptors (Lipinski definition) is 4. The van der Waals surface area contributed by atoms with Crippen molar-refractivity contribution in [3.05, 3.63) is 42.1 Å². The summed E-state index contributed by atoms with van der Waals surface area (Å²) < 4.78 is 6.97. The van der Waals surface area contributed by atoms with E-state index < -0.39 is 0 Å². The van der Waals surface area contributed by atoms with Crippen molar-refractivity contribution < 1.29 is 9.21 Å². The second kappa shape index (κ2) is 5.51. The van der Waals surface area contributed by atoms with E-state index in [0.717, 1.165) is 16.7 Å². The molecule has 0 aromatic carbocycles. The molecule has 0 bridgehead atoms. The first-order valence-corrected chi connectivity index (χ1v) is 6.95. The number of hydrogen-bond donors (Lipinski definition) is 2. The number of urea groups is 1. The predicted molar refractivity (Wildman–Crippen MR) is 82.5 cm³/mol. The Labute approximate surface area is 127 Å². The second-order valence-corrected chi connectivity index (χ2v) is 5.14. The van der Waals surface area contributed by atoms with Crippen molar-refractivity contribution in [3.63, 3.8) is 0 Å². The smallest absolute Gasteiger partial charge is 0.319 e. The minimum absolute atomic E-state index is 0.216. The van der Waals surface area contributed by atoms with Crippen molar-refractivity contribution in [2.75, 3.05) is 5.32 Å². The Kier molecular flexibility index (Phi) is 3.54. The van der Waals surface area contributed by atoms with Gasteiger partial charge in [-0.3, -0.25) is 4.68 Å². The number of aromatic nitrogens is 3. The Balaban J connectivity index is 1.72. The molecule has 0 fully saturated rings. The molecule has 0 spiro atoms. The fourth-order valence-electron chi connectivity index (χ4n) is 2.35. The Hall–Kier alpha value is -2.83. The highest BCUT2D eigenvalue weighted by Crippen LogP contribution is 2.19. The zero-order valence-corrected chi connectivity index (χ0v) is 12.6. The molecule has 2 amide bonds. The third kappa shape index (κ3) is 2.65. The van der Waals surface area contributed by atoms with Crippen molar-refractivity contribution >= 4 is 22.8 Å². The van der Waals surface area contributed by atoms with Gasteiger partial charge in [-0.1, -0.05) is 0 Å². The fraction of sp³-hybridized carbons (Fsp3) is 0.267. The van der Waals surface area contributed by atoms with E-state index in [0.29, 0.717) is 11.4 Å². The quantitative estimate of drug-likeness (QED) is 0.778. The Morgan fingerprint density at radius 2 is 2.27 bits per heavy atom. The molecule has 7 nitrogen and oxygen atoms in total. The highest BCUT2D eigenvalue weighted by Gasteiger charge is 2.13. The van der Waals surface area contributed by atoms with Crippen LogP contribution in [0.25, 0.3) is 11.0 Å². The minimum Gasteiger partial charge on any atom is -0.467 e. The molecule has 1 atom stereocenters. The monoisotopic (exact) mass is 299 g/mol. The highest BCUT2D eigenvalue weighted by atomic mass is 16.3. The van der Waals surface area contributed by atoms with Gasteiger partial charge in [0.2, 0.25) is 0 Å². The summed E-state index contributed by atoms with van der Waals surface area (Å²) in [5.41, 5.74) is 2.28. The number of nitrogens with one attached hydrogen (secondary N) is 2. The summed E-state index contributed by atoms with van der Waals surface area (Å²) in [7, 11) is 1.84. The van der Waals surface area contributed by atoms with Gasteiger partial charge >= 0.3 is 6.03 Å². The Morgan fingerprint density at radius 3 is 3.00 bits per heavy atom. The normalized spacial score (nSPS) is 12.3. The summed E-state index contributed by atoms with van der Waals surface area (Å²) in [4.78, 5) is 16.4. The molecule has 0 aliphatic rings. The van der Waals surface area contributed by atoms with Crippen molar-refractivity contribution in [2.45, 2.75) is 19.9 Å². The SMILES string of the molecule is Cc1nn(C)c2ncc(NC(=O)NC(C)c3ccco3)cc12. The molecule has 0 radical (unpaired) electrons. The predicted octanol–water partition coefficient (Wildman–Crippen LogP) is 2.75. The number of carbonyl (C=O) groups is 1. The molecule has 0 aliphatic carbocycles. The molecule has 7 heteroatoms. The van der Waals surface area contributed by atoms with Crippen LogP contribution in [0, 0.1) is 6.92 Å². The van der Waals surface area contributed by atoms with Crippen molar-refractivity contribution in [1.82, 2.24) is 20.1 Å². The van der Waals surface area contributed by atoms with Gasteiger partial charge < -0.3 is 15.1 Å². The number of fused-ring (bicyclic) bond motifs is 1. The first kappa shape index (κ1) is 14.1. The van der Waals surface area contributed by atoms with Gasteiger partial charge in [0.05, 0.1) is 29.9 Å². The molecule has 3 rings (SSSR count). The number of carbonyl (C=O) groups excluding carboxylic acids is 1. The number of furan rings is 1. The lowest BCUT2D eigenvalue weighted by Crippen LogP contribution is -2.31. The number of rotatable bonds is 3. The van der Waals surface area contributed by atoms with E-state index in [1.807, 2.05) is 33.0 Å². The zero-order chi connectivity index (χ0) is 15.7. The zero-order valence-electron chi connectivity index (χ0n) is 12.6. The van der Waals surface area contributed by atoms with Crippen LogP contribution in [0.4, 0.5) is 10.5 Å². The van der Waals surface area contributed by atoms with Crippen LogP contribution in [0.2, 0.25) is 0 Å². The minimum atomic E-state index is -0.313. The van der Waals surface area contributed by atoms with Crippen LogP contribution in [0.15, 0.2) is 35.1 Å². The molecular weight excluding hydrogens is 282 g/mol. The second-order valence-electron chi connectivity index (χ2n) is 5.14. The summed E-state index contributed by atoms with van der Waals surface area (Å²) in [5, 5.41) is 10.8. The number of aryl methyl sites for hydroxylation is 2. The van der Waals surface area contributed by atoms with Crippen LogP contribution in [-0.4, -0.2) is 20.8 Å². The average Bonchev–Trinajstić information content (AvgIpc) is 3.08. The molecule has 1 unspecified atom stereocenters. The summed E-state index contributed by atoms with van der Waals surface area (Å²) in [5.74, 6) is 0.701. The Bertz CT molecular complexity index is 807. The number of nitrogens with zero attached hydrogens (tertiary/aromatic N) is 3. The Morgan fingerprint density at radius 1 is 1.45 bits per heavy atom. The van der Waals surface area contributed by atoms with Gasteiger partial charge in [0.1, 0.15) is 5.76 Å². The molecule has 3 aromatic rings. The van der Waals surface area contributed by atoms with Crippen molar-refractivity contribution in [1.29, 1.82) is 0 Å². The van der Waals surface area contributed by atoms with Crippen LogP contribution in [0.3, 0.4) is 0 Å². The van der Waals surface area contributed by atoms with Crippen LogP contribution in [0.1, 0.15) is 24.4 Å². The number of pyridine rings is 1. The van der Waals surface area contributed by atoms with E-state index in [4.69, 9.17) is 4.42 Å². The van der Waals surface area contributed by atoms with Gasteiger partial charge in [0.15, 0.2) is 5.65 Å². The van der Waals surface area contributed by atoms with Crippen LogP contribution < -0.4 is 10.6 Å². The van der Waals surface area contributed by atoms with Crippen molar-refractivity contribution in [3.8, 4) is 0 Å². The van der Waals surface area contributed by atoms with Gasteiger partial charge in [-0.15, -0.1) is 0 Å². The largest absolute Gasteiger partial charge is 0.467 e. The maximum absolute atomic E-state index is 12.0. The summed E-state index contributed by atoms with van der Waals surface area (Å²) in [6.07, 6.45) is 3.19. The van der Waals surface area contributed by atoms with E-state index in [1.54, 1.807) is 23.2 Å². The van der Waals surface area contributed by atoms with Crippen LogP contribution in [-0.2, 0) is 7.05 Å². The number of amides is 2. The van der Waals surface area contributed by atoms with E-state index in [-0.39, 0.29) is 12.1 Å². The number of anilines is 1. The first-order chi connectivity index (χ1) is 10.5.